The Morgan fingerprint density at radius 3 is 2.65 bits per heavy atom. The molecule has 3 aromatic rings. The monoisotopic (exact) mass is 492 g/mol. The Morgan fingerprint density at radius 2 is 1.94 bits per heavy atom. The molecule has 2 saturated heterocycles. The fourth-order valence-corrected chi connectivity index (χ4v) is 5.80. The van der Waals surface area contributed by atoms with E-state index < -0.39 is 11.7 Å². The Bertz CT molecular complexity index is 1130. The third kappa shape index (κ3) is 4.68. The van der Waals surface area contributed by atoms with Gasteiger partial charge in [0, 0.05) is 50.2 Å². The fraction of sp³-hybridized carbons (Fsp3) is 0.522. The third-order valence-corrected chi connectivity index (χ3v) is 7.79. The van der Waals surface area contributed by atoms with E-state index in [1.54, 1.807) is 23.9 Å². The van der Waals surface area contributed by atoms with Crippen LogP contribution in [0.25, 0.3) is 11.6 Å². The molecule has 34 heavy (non-hydrogen) atoms. The second-order valence-corrected chi connectivity index (χ2v) is 10.1. The van der Waals surface area contributed by atoms with Crippen molar-refractivity contribution in [3.63, 3.8) is 0 Å². The van der Waals surface area contributed by atoms with Crippen molar-refractivity contribution in [1.29, 1.82) is 0 Å². The van der Waals surface area contributed by atoms with Crippen LogP contribution in [0.4, 0.5) is 18.9 Å². The Hall–Kier alpha value is -2.53. The van der Waals surface area contributed by atoms with E-state index in [1.165, 1.54) is 12.1 Å². The molecule has 0 N–H and O–H groups in total. The number of anilines is 1. The van der Waals surface area contributed by atoms with E-state index in [9.17, 15) is 13.2 Å². The van der Waals surface area contributed by atoms with Gasteiger partial charge in [0.15, 0.2) is 5.16 Å². The molecule has 5 rings (SSSR count). The molecule has 11 heteroatoms. The van der Waals surface area contributed by atoms with Crippen molar-refractivity contribution < 1.29 is 17.7 Å². The maximum Gasteiger partial charge on any atom is 0.416 e. The number of likely N-dealkylation sites (tertiary alicyclic amines) is 1. The molecule has 4 heterocycles. The van der Waals surface area contributed by atoms with Crippen molar-refractivity contribution in [3.05, 3.63) is 41.6 Å². The van der Waals surface area contributed by atoms with E-state index >= 15 is 0 Å². The molecule has 2 aromatic heterocycles. The highest BCUT2D eigenvalue weighted by atomic mass is 32.2. The number of aromatic nitrogens is 4. The van der Waals surface area contributed by atoms with Crippen LogP contribution in [0.1, 0.15) is 24.1 Å². The van der Waals surface area contributed by atoms with E-state index in [4.69, 9.17) is 4.52 Å². The zero-order valence-electron chi connectivity index (χ0n) is 19.1. The molecular weight excluding hydrogens is 465 g/mol. The van der Waals surface area contributed by atoms with Crippen LogP contribution in [-0.4, -0.2) is 62.8 Å². The summed E-state index contributed by atoms with van der Waals surface area (Å²) >= 11 is 1.67. The molecule has 7 nitrogen and oxygen atoms in total. The number of alkyl halides is 3. The second-order valence-electron chi connectivity index (χ2n) is 9.01. The molecule has 0 radical (unpaired) electrons. The number of benzene rings is 1. The lowest BCUT2D eigenvalue weighted by Crippen LogP contribution is -2.35. The molecule has 2 aliphatic heterocycles. The zero-order valence-corrected chi connectivity index (χ0v) is 19.9. The first kappa shape index (κ1) is 23.2. The van der Waals surface area contributed by atoms with Crippen LogP contribution in [-0.2, 0) is 13.2 Å². The van der Waals surface area contributed by atoms with E-state index in [1.807, 2.05) is 24.6 Å². The Kier molecular flexibility index (Phi) is 6.32. The Balaban J connectivity index is 1.11. The summed E-state index contributed by atoms with van der Waals surface area (Å²) in [5.74, 6) is 2.77. The SMILES string of the molecule is Cc1cc(-c2nnc(SCCCN3CC4CCN(c5ccc(C(F)(F)F)cc5)C4C3)n2C)on1. The van der Waals surface area contributed by atoms with Crippen LogP contribution >= 0.6 is 11.8 Å². The highest BCUT2D eigenvalue weighted by molar-refractivity contribution is 7.99. The topological polar surface area (TPSA) is 63.2 Å². The van der Waals surface area contributed by atoms with Gasteiger partial charge < -0.3 is 18.9 Å². The third-order valence-electron chi connectivity index (χ3n) is 6.68. The fourth-order valence-electron chi connectivity index (χ4n) is 4.97. The van der Waals surface area contributed by atoms with Crippen molar-refractivity contribution in [3.8, 4) is 11.6 Å². The minimum Gasteiger partial charge on any atom is -0.367 e. The van der Waals surface area contributed by atoms with E-state index in [-0.39, 0.29) is 0 Å². The number of thioether (sulfide) groups is 1. The first-order chi connectivity index (χ1) is 16.3. The van der Waals surface area contributed by atoms with Gasteiger partial charge in [0.05, 0.1) is 11.3 Å². The van der Waals surface area contributed by atoms with Crippen molar-refractivity contribution in [2.45, 2.75) is 37.1 Å². The lowest BCUT2D eigenvalue weighted by molar-refractivity contribution is -0.137. The number of halogens is 3. The smallest absolute Gasteiger partial charge is 0.367 e. The summed E-state index contributed by atoms with van der Waals surface area (Å²) in [4.78, 5) is 4.76. The number of hydrogen-bond acceptors (Lipinski definition) is 7. The van der Waals surface area contributed by atoms with Crippen molar-refractivity contribution in [2.75, 3.05) is 36.8 Å². The van der Waals surface area contributed by atoms with E-state index in [2.05, 4.69) is 25.2 Å². The summed E-state index contributed by atoms with van der Waals surface area (Å²) in [6.07, 6.45) is -2.19. The molecule has 1 aromatic carbocycles. The highest BCUT2D eigenvalue weighted by Gasteiger charge is 2.41. The standard InChI is InChI=1S/C23H27F3N6OS/c1-15-12-20(33-29-15)21-27-28-22(30(21)2)34-11-3-9-31-13-16-8-10-32(19(16)14-31)18-6-4-17(5-7-18)23(24,25)26/h4-7,12,16,19H,3,8-11,13-14H2,1-2H3. The number of rotatable bonds is 7. The molecule has 0 saturated carbocycles. The van der Waals surface area contributed by atoms with Crippen LogP contribution in [0.5, 0.6) is 0 Å². The number of aryl methyl sites for hydroxylation is 1. The van der Waals surface area contributed by atoms with Gasteiger partial charge in [-0.05, 0) is 56.5 Å². The van der Waals surface area contributed by atoms with Gasteiger partial charge in [-0.15, -0.1) is 10.2 Å². The molecular formula is C23H27F3N6OS. The van der Waals surface area contributed by atoms with Gasteiger partial charge in [-0.2, -0.15) is 13.2 Å². The Morgan fingerprint density at radius 1 is 1.15 bits per heavy atom. The highest BCUT2D eigenvalue weighted by Crippen LogP contribution is 2.37. The molecule has 182 valence electrons. The predicted octanol–water partition coefficient (Wildman–Crippen LogP) is 4.49. The predicted molar refractivity (Wildman–Crippen MR) is 124 cm³/mol. The number of fused-ring (bicyclic) bond motifs is 1. The van der Waals surface area contributed by atoms with Gasteiger partial charge in [0.2, 0.25) is 11.6 Å². The van der Waals surface area contributed by atoms with Gasteiger partial charge in [0.1, 0.15) is 0 Å². The lowest BCUT2D eigenvalue weighted by Gasteiger charge is -2.27. The van der Waals surface area contributed by atoms with Gasteiger partial charge in [-0.3, -0.25) is 0 Å². The minimum atomic E-state index is -4.30. The van der Waals surface area contributed by atoms with Gasteiger partial charge in [-0.25, -0.2) is 0 Å². The molecule has 0 spiro atoms. The average molecular weight is 493 g/mol. The zero-order chi connectivity index (χ0) is 23.9. The van der Waals surface area contributed by atoms with Crippen LogP contribution in [0, 0.1) is 12.8 Å². The van der Waals surface area contributed by atoms with Crippen LogP contribution in [0.3, 0.4) is 0 Å². The molecule has 0 aliphatic carbocycles. The van der Waals surface area contributed by atoms with Gasteiger partial charge >= 0.3 is 6.18 Å². The summed E-state index contributed by atoms with van der Waals surface area (Å²) in [6, 6.07) is 7.81. The number of hydrogen-bond donors (Lipinski definition) is 0. The minimum absolute atomic E-state index is 0.371. The van der Waals surface area contributed by atoms with Crippen molar-refractivity contribution >= 4 is 17.4 Å². The second kappa shape index (κ2) is 9.26. The van der Waals surface area contributed by atoms with Gasteiger partial charge in [0.25, 0.3) is 0 Å². The largest absolute Gasteiger partial charge is 0.416 e. The molecule has 0 amide bonds. The maximum absolute atomic E-state index is 12.9. The van der Waals surface area contributed by atoms with Gasteiger partial charge in [-0.1, -0.05) is 16.9 Å². The van der Waals surface area contributed by atoms with Crippen LogP contribution in [0.2, 0.25) is 0 Å². The lowest BCUT2D eigenvalue weighted by atomic mass is 10.0. The molecule has 0 bridgehead atoms. The summed E-state index contributed by atoms with van der Waals surface area (Å²) in [5, 5.41) is 13.3. The molecule has 2 atom stereocenters. The molecule has 2 unspecified atom stereocenters. The van der Waals surface area contributed by atoms with Crippen molar-refractivity contribution in [2.24, 2.45) is 13.0 Å². The maximum atomic E-state index is 12.9. The van der Waals surface area contributed by atoms with E-state index in [0.717, 1.165) is 61.3 Å². The Labute approximate surface area is 200 Å². The van der Waals surface area contributed by atoms with Crippen molar-refractivity contribution in [1.82, 2.24) is 24.8 Å². The quantitative estimate of drug-likeness (QED) is 0.356. The number of nitrogens with zero attached hydrogens (tertiary/aromatic N) is 6. The first-order valence-corrected chi connectivity index (χ1v) is 12.4. The normalized spacial score (nSPS) is 20.9. The summed E-state index contributed by atoms with van der Waals surface area (Å²) in [5.41, 5.74) is 1.10. The van der Waals surface area contributed by atoms with Crippen LogP contribution in [0.15, 0.2) is 40.0 Å². The average Bonchev–Trinajstić information content (AvgIpc) is 3.56. The summed E-state index contributed by atoms with van der Waals surface area (Å²) < 4.78 is 45.9. The molecule has 2 fully saturated rings. The first-order valence-electron chi connectivity index (χ1n) is 11.4. The summed E-state index contributed by atoms with van der Waals surface area (Å²) in [7, 11) is 1.92. The summed E-state index contributed by atoms with van der Waals surface area (Å²) in [6.45, 7) is 5.77. The van der Waals surface area contributed by atoms with Crippen LogP contribution < -0.4 is 4.90 Å². The van der Waals surface area contributed by atoms with E-state index in [0.29, 0.717) is 23.5 Å². The molecule has 2 aliphatic rings.